The summed E-state index contributed by atoms with van der Waals surface area (Å²) in [6.45, 7) is 7.25. The Hall–Kier alpha value is -0.0400. The number of hydrogen-bond donors (Lipinski definition) is 1. The summed E-state index contributed by atoms with van der Waals surface area (Å²) in [5, 5.41) is 2.49. The second kappa shape index (κ2) is 12.0. The normalized spacial score (nSPS) is 10.6. The molecule has 0 aromatic carbocycles. The zero-order chi connectivity index (χ0) is 9.78. The Labute approximate surface area is 84.3 Å². The van der Waals surface area contributed by atoms with E-state index in [1.807, 2.05) is 0 Å². The molecule has 0 fully saturated rings. The molecule has 1 heteroatoms. The average Bonchev–Trinajstić information content (AvgIpc) is 2.16. The third-order valence-electron chi connectivity index (χ3n) is 2.52. The first-order valence-electron chi connectivity index (χ1n) is 6.23. The van der Waals surface area contributed by atoms with E-state index in [1.165, 1.54) is 64.5 Å². The van der Waals surface area contributed by atoms with E-state index in [0.717, 1.165) is 0 Å². The van der Waals surface area contributed by atoms with E-state index < -0.39 is 0 Å². The van der Waals surface area contributed by atoms with E-state index in [1.54, 1.807) is 0 Å². The van der Waals surface area contributed by atoms with Gasteiger partial charge in [-0.25, -0.2) is 0 Å². The molecule has 0 saturated heterocycles. The van der Waals surface area contributed by atoms with Crippen molar-refractivity contribution in [3.8, 4) is 0 Å². The van der Waals surface area contributed by atoms with Gasteiger partial charge in [-0.05, 0) is 25.7 Å². The first kappa shape index (κ1) is 13.0. The predicted molar refractivity (Wildman–Crippen MR) is 59.9 cm³/mol. The van der Waals surface area contributed by atoms with Crippen LogP contribution in [0.2, 0.25) is 0 Å². The Morgan fingerprint density at radius 2 is 1.08 bits per heavy atom. The van der Waals surface area contributed by atoms with Gasteiger partial charge >= 0.3 is 0 Å². The van der Waals surface area contributed by atoms with Crippen molar-refractivity contribution >= 4 is 0 Å². The molecule has 1 nitrogen and oxygen atoms in total. The zero-order valence-electron chi connectivity index (χ0n) is 9.65. The van der Waals surface area contributed by atoms with Crippen molar-refractivity contribution in [1.82, 2.24) is 0 Å². The summed E-state index contributed by atoms with van der Waals surface area (Å²) >= 11 is 0. The molecule has 80 valence electrons. The van der Waals surface area contributed by atoms with E-state index in [0.29, 0.717) is 0 Å². The van der Waals surface area contributed by atoms with Crippen molar-refractivity contribution in [3.05, 3.63) is 0 Å². The minimum absolute atomic E-state index is 1.35. The number of hydrogen-bond acceptors (Lipinski definition) is 0. The summed E-state index contributed by atoms with van der Waals surface area (Å²) in [5.41, 5.74) is 0. The van der Waals surface area contributed by atoms with Gasteiger partial charge in [0.2, 0.25) is 0 Å². The summed E-state index contributed by atoms with van der Waals surface area (Å²) in [4.78, 5) is 0. The van der Waals surface area contributed by atoms with Gasteiger partial charge in [0, 0.05) is 0 Å². The molecule has 0 aromatic rings. The molecule has 0 aromatic heterocycles. The summed E-state index contributed by atoms with van der Waals surface area (Å²) in [5.74, 6) is 0. The van der Waals surface area contributed by atoms with Gasteiger partial charge in [0.25, 0.3) is 0 Å². The quantitative estimate of drug-likeness (QED) is 0.505. The highest BCUT2D eigenvalue weighted by Gasteiger charge is 1.92. The number of quaternary nitrogens is 1. The smallest absolute Gasteiger partial charge is 0.0755 e. The molecule has 2 N–H and O–H groups in total. The first-order valence-corrected chi connectivity index (χ1v) is 6.23. The van der Waals surface area contributed by atoms with Crippen molar-refractivity contribution in [3.63, 3.8) is 0 Å². The second-order valence-corrected chi connectivity index (χ2v) is 3.99. The van der Waals surface area contributed by atoms with E-state index in [2.05, 4.69) is 19.2 Å². The Bertz CT molecular complexity index is 71.2. The van der Waals surface area contributed by atoms with E-state index in [4.69, 9.17) is 0 Å². The van der Waals surface area contributed by atoms with E-state index in [-0.39, 0.29) is 0 Å². The molecule has 0 heterocycles. The Morgan fingerprint density at radius 1 is 0.615 bits per heavy atom. The molecule has 0 bridgehead atoms. The maximum absolute atomic E-state index is 2.49. The van der Waals surface area contributed by atoms with Gasteiger partial charge in [0.1, 0.15) is 0 Å². The highest BCUT2D eigenvalue weighted by molar-refractivity contribution is 4.38. The minimum atomic E-state index is 1.35. The summed E-state index contributed by atoms with van der Waals surface area (Å²) < 4.78 is 0. The second-order valence-electron chi connectivity index (χ2n) is 3.99. The van der Waals surface area contributed by atoms with Crippen LogP contribution in [0.3, 0.4) is 0 Å². The molecule has 0 radical (unpaired) electrons. The van der Waals surface area contributed by atoms with Crippen molar-refractivity contribution < 1.29 is 5.32 Å². The topological polar surface area (TPSA) is 16.6 Å². The molecule has 0 saturated carbocycles. The van der Waals surface area contributed by atoms with Gasteiger partial charge in [0.15, 0.2) is 0 Å². The molecule has 0 rings (SSSR count). The Balaban J connectivity index is 2.76. The van der Waals surface area contributed by atoms with Gasteiger partial charge in [-0.15, -0.1) is 0 Å². The molecule has 0 spiro atoms. The van der Waals surface area contributed by atoms with Crippen LogP contribution < -0.4 is 5.32 Å². The molecular weight excluding hydrogens is 158 g/mol. The lowest BCUT2D eigenvalue weighted by Crippen LogP contribution is -2.84. The fourth-order valence-electron chi connectivity index (χ4n) is 1.58. The van der Waals surface area contributed by atoms with Gasteiger partial charge in [-0.3, -0.25) is 0 Å². The molecule has 0 aliphatic rings. The lowest BCUT2D eigenvalue weighted by molar-refractivity contribution is -0.655. The molecular formula is C12H28N+. The lowest BCUT2D eigenvalue weighted by Gasteiger charge is -2.00. The van der Waals surface area contributed by atoms with Crippen LogP contribution in [-0.2, 0) is 0 Å². The van der Waals surface area contributed by atoms with Gasteiger partial charge < -0.3 is 5.32 Å². The maximum Gasteiger partial charge on any atom is 0.0755 e. The van der Waals surface area contributed by atoms with Crippen molar-refractivity contribution in [2.45, 2.75) is 65.2 Å². The summed E-state index contributed by atoms with van der Waals surface area (Å²) in [6.07, 6.45) is 11.3. The highest BCUT2D eigenvalue weighted by atomic mass is 14.8. The Kier molecular flexibility index (Phi) is 11.9. The highest BCUT2D eigenvalue weighted by Crippen LogP contribution is 1.96. The predicted octanol–water partition coefficient (Wildman–Crippen LogP) is 2.71. The maximum atomic E-state index is 2.49. The largest absolute Gasteiger partial charge is 0.346 e. The van der Waals surface area contributed by atoms with Gasteiger partial charge in [0.05, 0.1) is 13.1 Å². The summed E-state index contributed by atoms with van der Waals surface area (Å²) in [6, 6.07) is 0. The molecule has 0 amide bonds. The zero-order valence-corrected chi connectivity index (χ0v) is 9.65. The summed E-state index contributed by atoms with van der Waals surface area (Å²) in [7, 11) is 0. The molecule has 0 aliphatic carbocycles. The minimum Gasteiger partial charge on any atom is -0.346 e. The van der Waals surface area contributed by atoms with Crippen LogP contribution in [0, 0.1) is 0 Å². The standard InChI is InChI=1S/C12H27N/c1-3-5-7-9-11-13-12-10-8-6-4-2/h13H,3-12H2,1-2H3/p+1. The molecule has 0 atom stereocenters. The van der Waals surface area contributed by atoms with Crippen LogP contribution in [0.25, 0.3) is 0 Å². The molecule has 0 aliphatic heterocycles. The lowest BCUT2D eigenvalue weighted by atomic mass is 10.2. The third kappa shape index (κ3) is 12.0. The van der Waals surface area contributed by atoms with Crippen LogP contribution in [0.4, 0.5) is 0 Å². The molecule has 13 heavy (non-hydrogen) atoms. The van der Waals surface area contributed by atoms with Crippen LogP contribution in [-0.4, -0.2) is 13.1 Å². The fourth-order valence-corrected chi connectivity index (χ4v) is 1.58. The monoisotopic (exact) mass is 186 g/mol. The fraction of sp³-hybridized carbons (Fsp3) is 1.00. The number of unbranched alkanes of at least 4 members (excludes halogenated alkanes) is 6. The van der Waals surface area contributed by atoms with E-state index >= 15 is 0 Å². The SMILES string of the molecule is CCCCCC[NH2+]CCCCCC. The van der Waals surface area contributed by atoms with Crippen molar-refractivity contribution in [2.24, 2.45) is 0 Å². The van der Waals surface area contributed by atoms with E-state index in [9.17, 15) is 0 Å². The molecule has 0 unspecified atom stereocenters. The average molecular weight is 186 g/mol. The van der Waals surface area contributed by atoms with Gasteiger partial charge in [-0.1, -0.05) is 39.5 Å². The van der Waals surface area contributed by atoms with Crippen molar-refractivity contribution in [1.29, 1.82) is 0 Å². The van der Waals surface area contributed by atoms with Crippen LogP contribution >= 0.6 is 0 Å². The first-order chi connectivity index (χ1) is 6.41. The third-order valence-corrected chi connectivity index (χ3v) is 2.52. The van der Waals surface area contributed by atoms with Gasteiger partial charge in [-0.2, -0.15) is 0 Å². The van der Waals surface area contributed by atoms with Crippen LogP contribution in [0.5, 0.6) is 0 Å². The van der Waals surface area contributed by atoms with Crippen LogP contribution in [0.15, 0.2) is 0 Å². The van der Waals surface area contributed by atoms with Crippen molar-refractivity contribution in [2.75, 3.05) is 13.1 Å². The van der Waals surface area contributed by atoms with Crippen LogP contribution in [0.1, 0.15) is 65.2 Å². The Morgan fingerprint density at radius 3 is 1.46 bits per heavy atom. The number of nitrogens with two attached hydrogens (primary N) is 1. The number of rotatable bonds is 10.